The average molecular weight is 524 g/mol. The van der Waals surface area contributed by atoms with Crippen LogP contribution in [0.2, 0.25) is 0 Å². The number of anilines is 1. The van der Waals surface area contributed by atoms with E-state index in [9.17, 15) is 14.6 Å². The van der Waals surface area contributed by atoms with Crippen LogP contribution in [0.5, 0.6) is 0 Å². The van der Waals surface area contributed by atoms with E-state index in [1.165, 1.54) is 0 Å². The maximum Gasteiger partial charge on any atom is 0.410 e. The number of rotatable bonds is 7. The van der Waals surface area contributed by atoms with Crippen molar-refractivity contribution in [3.05, 3.63) is 23.0 Å². The molecule has 1 unspecified atom stereocenters. The van der Waals surface area contributed by atoms with Gasteiger partial charge in [-0.3, -0.25) is 0 Å². The Labute approximate surface area is 217 Å². The Morgan fingerprint density at radius 3 is 2.50 bits per heavy atom. The highest BCUT2D eigenvalue weighted by Gasteiger charge is 2.52. The van der Waals surface area contributed by atoms with Gasteiger partial charge in [0.25, 0.3) is 5.69 Å². The Morgan fingerprint density at radius 1 is 1.28 bits per heavy atom. The van der Waals surface area contributed by atoms with Gasteiger partial charge in [-0.2, -0.15) is 0 Å². The summed E-state index contributed by atoms with van der Waals surface area (Å²) >= 11 is -1.37. The summed E-state index contributed by atoms with van der Waals surface area (Å²) in [6, 6.07) is 3.59. The number of hydrogen-bond donors (Lipinski definition) is 1. The molecular formula is C25H41N5O5S. The molecule has 1 aromatic rings. The summed E-state index contributed by atoms with van der Waals surface area (Å²) in [6.07, 6.45) is 3.80. The van der Waals surface area contributed by atoms with Gasteiger partial charge in [0.2, 0.25) is 0 Å². The minimum atomic E-state index is -1.37. The number of carbonyl (C=O) groups is 1. The van der Waals surface area contributed by atoms with E-state index in [2.05, 4.69) is 14.7 Å². The highest BCUT2D eigenvalue weighted by Crippen LogP contribution is 2.33. The van der Waals surface area contributed by atoms with Crippen molar-refractivity contribution in [1.29, 1.82) is 0 Å². The van der Waals surface area contributed by atoms with Gasteiger partial charge in [-0.15, -0.1) is 4.72 Å². The first kappa shape index (κ1) is 27.2. The van der Waals surface area contributed by atoms with E-state index in [1.807, 2.05) is 52.5 Å². The number of hydrogen-bond acceptors (Lipinski definition) is 8. The summed E-state index contributed by atoms with van der Waals surface area (Å²) in [5.74, 6) is 1.11. The molecule has 0 spiro atoms. The van der Waals surface area contributed by atoms with Crippen LogP contribution in [0.25, 0.3) is 0 Å². The molecule has 1 N–H and O–H groups in total. The van der Waals surface area contributed by atoms with Crippen LogP contribution in [0.3, 0.4) is 0 Å². The van der Waals surface area contributed by atoms with Crippen LogP contribution in [0, 0.1) is 11.1 Å². The lowest BCUT2D eigenvalue weighted by Gasteiger charge is -2.41. The molecule has 3 heterocycles. The van der Waals surface area contributed by atoms with E-state index < -0.39 is 27.2 Å². The summed E-state index contributed by atoms with van der Waals surface area (Å²) in [7, 11) is 0. The number of amides is 1. The fraction of sp³-hybridized carbons (Fsp3) is 0.800. The summed E-state index contributed by atoms with van der Waals surface area (Å²) < 4.78 is 26.5. The van der Waals surface area contributed by atoms with Gasteiger partial charge >= 0.3 is 6.09 Å². The standard InChI is InChI=1S/C25H41N5O5S/c1-23(2,3)35-22(31)29(14-18-9-10-18)19-8-7-13-28(15-19)21-12-11-20(30(32)26-21)25(16-34-17-25)27-36(33)24(4,5)6/h11-12,18-19,27H,7-10,13-17H2,1-6H3/t19-,36?/m1/s1. The zero-order valence-electron chi connectivity index (χ0n) is 22.4. The lowest BCUT2D eigenvalue weighted by molar-refractivity contribution is -0.681. The number of nitrogens with zero attached hydrogens (tertiary/aromatic N) is 4. The Hall–Kier alpha value is -1.82. The van der Waals surface area contributed by atoms with Crippen molar-refractivity contribution in [2.24, 2.45) is 5.92 Å². The Morgan fingerprint density at radius 2 is 1.97 bits per heavy atom. The van der Waals surface area contributed by atoms with E-state index in [-0.39, 0.29) is 25.3 Å². The lowest BCUT2D eigenvalue weighted by atomic mass is 9.94. The first-order valence-corrected chi connectivity index (χ1v) is 14.1. The SMILES string of the molecule is CC(C)(C)OC(=O)N(CC1CC1)[C@@H]1CCCN(c2ccc(C3(N[S+]([O-])C(C)(C)C)COC3)[n+]([O-])n2)C1. The molecule has 202 valence electrons. The third-order valence-electron chi connectivity index (χ3n) is 6.76. The number of nitrogens with one attached hydrogen (secondary N) is 1. The molecule has 0 bridgehead atoms. The van der Waals surface area contributed by atoms with Gasteiger partial charge in [0.15, 0.2) is 11.4 Å². The minimum Gasteiger partial charge on any atom is -0.598 e. The van der Waals surface area contributed by atoms with E-state index in [4.69, 9.17) is 9.47 Å². The molecule has 2 atom stereocenters. The second-order valence-corrected chi connectivity index (χ2v) is 14.3. The van der Waals surface area contributed by atoms with E-state index >= 15 is 0 Å². The smallest absolute Gasteiger partial charge is 0.410 e. The molecule has 0 radical (unpaired) electrons. The van der Waals surface area contributed by atoms with Crippen LogP contribution in [0.4, 0.5) is 10.6 Å². The van der Waals surface area contributed by atoms with Gasteiger partial charge in [-0.25, -0.2) is 4.79 Å². The summed E-state index contributed by atoms with van der Waals surface area (Å²) in [4.78, 5) is 17.6. The zero-order chi connectivity index (χ0) is 26.3. The van der Waals surface area contributed by atoms with Crippen LogP contribution < -0.4 is 14.5 Å². The molecule has 2 aliphatic heterocycles. The predicted molar refractivity (Wildman–Crippen MR) is 138 cm³/mol. The second-order valence-electron chi connectivity index (χ2n) is 12.3. The number of piperidine rings is 1. The number of ether oxygens (including phenoxy) is 2. The quantitative estimate of drug-likeness (QED) is 0.329. The highest BCUT2D eigenvalue weighted by molar-refractivity contribution is 7.90. The van der Waals surface area contributed by atoms with Crippen molar-refractivity contribution >= 4 is 23.3 Å². The molecule has 10 nitrogen and oxygen atoms in total. The first-order chi connectivity index (χ1) is 16.8. The molecule has 1 aliphatic carbocycles. The van der Waals surface area contributed by atoms with Crippen molar-refractivity contribution in [3.63, 3.8) is 0 Å². The molecule has 3 aliphatic rings. The molecular weight excluding hydrogens is 482 g/mol. The summed E-state index contributed by atoms with van der Waals surface area (Å²) in [5.41, 5.74) is -0.981. The largest absolute Gasteiger partial charge is 0.598 e. The number of carbonyl (C=O) groups excluding carboxylic acids is 1. The average Bonchev–Trinajstić information content (AvgIpc) is 3.57. The van der Waals surface area contributed by atoms with E-state index in [0.717, 1.165) is 32.2 Å². The Bertz CT molecular complexity index is 942. The molecule has 11 heteroatoms. The van der Waals surface area contributed by atoms with Crippen molar-refractivity contribution in [3.8, 4) is 0 Å². The molecule has 0 aromatic carbocycles. The molecule has 36 heavy (non-hydrogen) atoms. The molecule has 3 fully saturated rings. The fourth-order valence-electron chi connectivity index (χ4n) is 4.49. The van der Waals surface area contributed by atoms with Gasteiger partial charge in [-0.05, 0) is 79.2 Å². The monoisotopic (exact) mass is 523 g/mol. The third kappa shape index (κ3) is 6.35. The van der Waals surface area contributed by atoms with Crippen molar-refractivity contribution in [2.45, 2.75) is 89.2 Å². The molecule has 1 aromatic heterocycles. The van der Waals surface area contributed by atoms with Crippen molar-refractivity contribution in [2.75, 3.05) is 37.7 Å². The van der Waals surface area contributed by atoms with Gasteiger partial charge < -0.3 is 29.0 Å². The van der Waals surface area contributed by atoms with E-state index in [1.54, 1.807) is 6.07 Å². The Balaban J connectivity index is 1.49. The van der Waals surface area contributed by atoms with Crippen LogP contribution in [-0.2, 0) is 26.4 Å². The Kier molecular flexibility index (Phi) is 7.68. The fourth-order valence-corrected chi connectivity index (χ4v) is 5.38. The predicted octanol–water partition coefficient (Wildman–Crippen LogP) is 2.61. The molecule has 1 saturated carbocycles. The highest BCUT2D eigenvalue weighted by atomic mass is 32.2. The van der Waals surface area contributed by atoms with Crippen LogP contribution in [-0.4, -0.2) is 69.9 Å². The molecule has 4 rings (SSSR count). The topological polar surface area (TPSA) is 117 Å². The van der Waals surface area contributed by atoms with Gasteiger partial charge in [0.1, 0.15) is 10.3 Å². The van der Waals surface area contributed by atoms with Crippen molar-refractivity contribution in [1.82, 2.24) is 14.7 Å². The molecule has 2 saturated heterocycles. The second kappa shape index (κ2) is 10.2. The van der Waals surface area contributed by atoms with Crippen LogP contribution in [0.1, 0.15) is 72.9 Å². The normalized spacial score (nSPS) is 23.1. The summed E-state index contributed by atoms with van der Waals surface area (Å²) in [5, 5.41) is 17.4. The van der Waals surface area contributed by atoms with Crippen molar-refractivity contribution < 1.29 is 23.7 Å². The van der Waals surface area contributed by atoms with Crippen LogP contribution >= 0.6 is 0 Å². The third-order valence-corrected chi connectivity index (χ3v) is 8.45. The minimum absolute atomic E-state index is 0.00183. The number of aromatic nitrogens is 2. The summed E-state index contributed by atoms with van der Waals surface area (Å²) in [6.45, 7) is 13.9. The maximum absolute atomic E-state index is 13.1. The van der Waals surface area contributed by atoms with E-state index in [0.29, 0.717) is 35.4 Å². The zero-order valence-corrected chi connectivity index (χ0v) is 23.2. The van der Waals surface area contributed by atoms with Gasteiger partial charge in [0.05, 0.1) is 19.3 Å². The van der Waals surface area contributed by atoms with Crippen LogP contribution in [0.15, 0.2) is 12.1 Å². The maximum atomic E-state index is 13.1. The van der Waals surface area contributed by atoms with Gasteiger partial charge in [-0.1, -0.05) is 4.85 Å². The van der Waals surface area contributed by atoms with Gasteiger partial charge in [0, 0.05) is 42.2 Å². The molecule has 1 amide bonds. The lowest BCUT2D eigenvalue weighted by Crippen LogP contribution is -2.66. The first-order valence-electron chi connectivity index (χ1n) is 12.9.